The number of carbonyl (C=O) groups is 6. The molecule has 10 atom stereocenters. The number of ketones is 4. The molecule has 0 aliphatic rings. The first-order chi connectivity index (χ1) is 54.6. The SMILES string of the molecule is C=O.C=O.CC(=O)CC(OP(C)(=O)N(CCCl)CCCl)c1ccc([N+](=O)[O-])c(C)n1.CC(=O)CC(OP(C)(=O)N(CCCl)CCCl)c1ccc([N+](=O)[O-])cc1.CC(OP(C)(=O)N(CCCl)CCCl)c1ccc([N+](=O)[O-])cc1.CP(N)(=O)OC(CC(=O)CO)c1ccc([N+](=O)[O-])cc1.CP(N)(=O)OC(CC(=O)CO)c1ccccc1[N+](=O)[O-]. The van der Waals surface area contributed by atoms with Gasteiger partial charge >= 0.3 is 0 Å². The summed E-state index contributed by atoms with van der Waals surface area (Å²) >= 11 is 34.4. The Kier molecular flexibility index (Phi) is 55.4. The molecule has 117 heavy (non-hydrogen) atoms. The van der Waals surface area contributed by atoms with Gasteiger partial charge in [0.1, 0.15) is 56.3 Å². The molecule has 0 saturated carbocycles. The van der Waals surface area contributed by atoms with Crippen molar-refractivity contribution >= 4 is 172 Å². The Hall–Kier alpha value is -6.54. The first-order valence-electron chi connectivity index (χ1n) is 34.0. The summed E-state index contributed by atoms with van der Waals surface area (Å²) in [6.45, 7) is 17.4. The highest BCUT2D eigenvalue weighted by molar-refractivity contribution is 7.56. The Morgan fingerprint density at radius 2 is 0.735 bits per heavy atom. The lowest BCUT2D eigenvalue weighted by Crippen LogP contribution is -2.27. The maximum Gasteiger partial charge on any atom is 0.290 e. The van der Waals surface area contributed by atoms with Crippen LogP contribution in [-0.2, 0) is 74.2 Å². The van der Waals surface area contributed by atoms with E-state index in [-0.39, 0.29) is 100 Å². The summed E-state index contributed by atoms with van der Waals surface area (Å²) in [5.41, 5.74) is 12.3. The molecule has 6 N–H and O–H groups in total. The normalized spacial score (nSPS) is 14.7. The quantitative estimate of drug-likeness (QED) is 0.0122. The van der Waals surface area contributed by atoms with Crippen molar-refractivity contribution in [3.63, 3.8) is 0 Å². The summed E-state index contributed by atoms with van der Waals surface area (Å²) in [5, 5.41) is 71.4. The molecule has 0 aliphatic carbocycles. The van der Waals surface area contributed by atoms with Gasteiger partial charge in [0.05, 0.1) is 54.2 Å². The Balaban J connectivity index is 0. The molecule has 0 fully saturated rings. The van der Waals surface area contributed by atoms with E-state index >= 15 is 0 Å². The van der Waals surface area contributed by atoms with Crippen LogP contribution in [0.3, 0.4) is 0 Å². The van der Waals surface area contributed by atoms with Gasteiger partial charge < -0.3 is 42.4 Å². The number of para-hydroxylation sites is 1. The molecule has 10 unspecified atom stereocenters. The first kappa shape index (κ1) is 113. The number of alkyl halides is 6. The summed E-state index contributed by atoms with van der Waals surface area (Å²) in [6.07, 6.45) is -4.82. The van der Waals surface area contributed by atoms with E-state index in [1.54, 1.807) is 33.1 Å². The summed E-state index contributed by atoms with van der Waals surface area (Å²) in [7, 11) is -16.5. The van der Waals surface area contributed by atoms with Crippen LogP contribution < -0.4 is 11.0 Å². The lowest BCUT2D eigenvalue weighted by atomic mass is 10.0. The molecule has 5 rings (SSSR count). The number of carbonyl (C=O) groups excluding carboxylic acids is 6. The topological polar surface area (TPSA) is 565 Å². The van der Waals surface area contributed by atoms with Crippen molar-refractivity contribution in [3.05, 3.63) is 193 Å². The molecule has 0 aliphatic heterocycles. The van der Waals surface area contributed by atoms with E-state index in [1.165, 1.54) is 144 Å². The minimum absolute atomic E-state index is 0.00142. The number of aliphatic hydroxyl groups excluding tert-OH is 2. The summed E-state index contributed by atoms with van der Waals surface area (Å²) in [5.74, 6) is 0.199. The summed E-state index contributed by atoms with van der Waals surface area (Å²) < 4.78 is 94.0. The van der Waals surface area contributed by atoms with Gasteiger partial charge in [-0.15, -0.1) is 69.6 Å². The molecule has 5 aromatic rings. The van der Waals surface area contributed by atoms with Crippen LogP contribution in [0, 0.1) is 57.5 Å². The second-order valence-corrected chi connectivity index (χ2v) is 37.9. The largest absolute Gasteiger partial charge is 0.389 e. The van der Waals surface area contributed by atoms with E-state index in [9.17, 15) is 92.6 Å². The van der Waals surface area contributed by atoms with Crippen molar-refractivity contribution < 1.29 is 109 Å². The van der Waals surface area contributed by atoms with Crippen LogP contribution in [0.1, 0.15) is 111 Å². The van der Waals surface area contributed by atoms with Crippen LogP contribution in [0.2, 0.25) is 0 Å². The number of nitrogens with zero attached hydrogens (tertiary/aromatic N) is 9. The molecule has 1 heterocycles. The van der Waals surface area contributed by atoms with E-state index in [0.717, 1.165) is 6.66 Å². The minimum atomic E-state index is -3.46. The zero-order valence-corrected chi connectivity index (χ0v) is 74.1. The number of rotatable bonds is 45. The summed E-state index contributed by atoms with van der Waals surface area (Å²) in [6, 6.07) is 25.2. The molecular formula is C67H96Cl6N11O28P5. The third-order valence-corrected chi connectivity index (χ3v) is 23.6. The second-order valence-electron chi connectivity index (χ2n) is 24.4. The highest BCUT2D eigenvalue weighted by Gasteiger charge is 2.35. The highest BCUT2D eigenvalue weighted by Crippen LogP contribution is 2.54. The maximum atomic E-state index is 13.1. The molecule has 39 nitrogen and oxygen atoms in total. The van der Waals surface area contributed by atoms with Crippen molar-refractivity contribution in [2.45, 2.75) is 83.9 Å². The average molecular weight is 1870 g/mol. The van der Waals surface area contributed by atoms with Gasteiger partial charge in [0.2, 0.25) is 0 Å². The fraction of sp³-hybridized carbons (Fsp3) is 0.478. The Morgan fingerprint density at radius 3 is 1.04 bits per heavy atom. The van der Waals surface area contributed by atoms with Gasteiger partial charge in [-0.3, -0.25) is 104 Å². The monoisotopic (exact) mass is 1870 g/mol. The third-order valence-electron chi connectivity index (χ3n) is 15.0. The van der Waals surface area contributed by atoms with E-state index in [2.05, 4.69) is 4.98 Å². The van der Waals surface area contributed by atoms with Crippen molar-refractivity contribution in [3.8, 4) is 0 Å². The van der Waals surface area contributed by atoms with Gasteiger partial charge in [-0.1, -0.05) is 12.1 Å². The van der Waals surface area contributed by atoms with E-state index < -0.39 is 118 Å². The van der Waals surface area contributed by atoms with E-state index in [4.69, 9.17) is 123 Å². The Morgan fingerprint density at radius 1 is 0.436 bits per heavy atom. The average Bonchev–Trinajstić information content (AvgIpc) is 0.826. The lowest BCUT2D eigenvalue weighted by molar-refractivity contribution is -0.386. The predicted octanol–water partition coefficient (Wildman–Crippen LogP) is 14.8. The molecule has 1 aromatic heterocycles. The van der Waals surface area contributed by atoms with Crippen LogP contribution in [-0.4, -0.2) is 212 Å². The molecule has 0 bridgehead atoms. The fourth-order valence-corrected chi connectivity index (χ4v) is 18.3. The molecule has 0 spiro atoms. The number of nitro groups is 5. The Bertz CT molecular complexity index is 4230. The van der Waals surface area contributed by atoms with Crippen LogP contribution in [0.25, 0.3) is 0 Å². The van der Waals surface area contributed by atoms with Crippen molar-refractivity contribution in [1.29, 1.82) is 0 Å². The second kappa shape index (κ2) is 57.6. The van der Waals surface area contributed by atoms with Gasteiger partial charge in [0.15, 0.2) is 11.6 Å². The standard InChI is InChI=1S/C15H22Cl2N3O5P.C15H21Cl2N2O5P.C13H19Cl2N2O4P.2C11H15N2O6P.2CH2O/c1-11(21)10-15(13-4-5-14(20(22)23)12(2)18-13)25-26(3,24)19(8-6-16)9-7-17;1-12(20)11-15(13-3-5-14(6-4-13)19(21)22)24-25(2,23)18(9-7-16)10-8-17;1-11(12-3-5-13(6-4-12)17(18)19)21-22(2,20)16(9-7-14)10-8-15;1-20(12,18)19-11(6-10(15)7-14)8-2-4-9(5-3-8)13(16)17;1-20(12,18)19-11(6-8(15)7-14)9-4-2-3-5-10(9)13(16)17;2*1-2/h4-5,15H,6-10H2,1-3H3;3-6,15H,7-11H2,1-2H3;3-6,11H,7-10H2,1-2H3;2*2-5,11,14H,6-7H2,1H3,(H2,12,18);2*1H2. The molecule has 50 heteroatoms. The van der Waals surface area contributed by atoms with Gasteiger partial charge in [0, 0.05) is 182 Å². The molecule has 0 amide bonds. The van der Waals surface area contributed by atoms with Crippen LogP contribution in [0.4, 0.5) is 28.4 Å². The molecule has 654 valence electrons. The van der Waals surface area contributed by atoms with Crippen molar-refractivity contribution in [1.82, 2.24) is 19.0 Å². The number of nitro benzene ring substituents is 4. The zero-order valence-electron chi connectivity index (χ0n) is 65.1. The fourth-order valence-electron chi connectivity index (χ4n) is 9.80. The maximum absolute atomic E-state index is 13.1. The predicted molar refractivity (Wildman–Crippen MR) is 446 cm³/mol. The number of Topliss-reactive ketones (excluding diaryl/α,β-unsaturated/α-hetero) is 4. The number of aliphatic hydroxyl groups is 2. The molecular weight excluding hydrogens is 1770 g/mol. The van der Waals surface area contributed by atoms with Gasteiger partial charge in [0.25, 0.3) is 66.0 Å². The van der Waals surface area contributed by atoms with Crippen molar-refractivity contribution in [2.75, 3.05) is 121 Å². The van der Waals surface area contributed by atoms with Crippen LogP contribution in [0.5, 0.6) is 0 Å². The third kappa shape index (κ3) is 44.5. The number of non-ortho nitro benzene ring substituents is 3. The number of aromatic nitrogens is 1. The Labute approximate surface area is 705 Å². The smallest absolute Gasteiger partial charge is 0.290 e. The number of hydrogen-bond donors (Lipinski definition) is 4. The van der Waals surface area contributed by atoms with E-state index in [0.29, 0.717) is 73.4 Å². The van der Waals surface area contributed by atoms with Crippen LogP contribution in [0.15, 0.2) is 109 Å². The number of halogens is 6. The molecule has 0 saturated heterocycles. The molecule has 0 radical (unpaired) electrons. The van der Waals surface area contributed by atoms with Gasteiger partial charge in [-0.2, -0.15) is 0 Å². The summed E-state index contributed by atoms with van der Waals surface area (Å²) in [4.78, 5) is 117. The number of aryl methyl sites for hydroxylation is 1. The first-order valence-corrected chi connectivity index (χ1v) is 47.6. The minimum Gasteiger partial charge on any atom is -0.389 e. The van der Waals surface area contributed by atoms with Gasteiger partial charge in [-0.05, 0) is 92.9 Å². The lowest BCUT2D eigenvalue weighted by Gasteiger charge is -2.30. The molecule has 4 aromatic carbocycles. The highest BCUT2D eigenvalue weighted by atomic mass is 35.5. The zero-order chi connectivity index (χ0) is 90.4. The number of hydrogen-bond acceptors (Lipinski definition) is 29. The number of benzene rings is 4. The van der Waals surface area contributed by atoms with Crippen LogP contribution >= 0.6 is 107 Å². The van der Waals surface area contributed by atoms with Crippen molar-refractivity contribution in [2.24, 2.45) is 11.0 Å². The van der Waals surface area contributed by atoms with Gasteiger partial charge in [-0.25, -0.2) is 19.0 Å². The van der Waals surface area contributed by atoms with E-state index in [1.807, 2.05) is 13.6 Å². The number of pyridine rings is 1. The number of nitrogens with two attached hydrogens (primary N) is 2.